The van der Waals surface area contributed by atoms with Gasteiger partial charge >= 0.3 is 6.18 Å². The Labute approximate surface area is 144 Å². The second-order valence-electron chi connectivity index (χ2n) is 4.48. The van der Waals surface area contributed by atoms with Crippen LogP contribution in [0, 0.1) is 11.3 Å². The third kappa shape index (κ3) is 3.58. The molecule has 1 aromatic carbocycles. The van der Waals surface area contributed by atoms with E-state index >= 15 is 0 Å². The molecule has 0 aliphatic heterocycles. The number of rotatable bonds is 3. The molecular weight excluding hydrogens is 370 g/mol. The molecule has 2 aromatic rings. The van der Waals surface area contributed by atoms with Gasteiger partial charge < -0.3 is 9.84 Å². The van der Waals surface area contributed by atoms with Gasteiger partial charge in [0.05, 0.1) is 5.56 Å². The Hall–Kier alpha value is -2.37. The average molecular weight is 378 g/mol. The van der Waals surface area contributed by atoms with Gasteiger partial charge in [-0.2, -0.15) is 23.5 Å². The second kappa shape index (κ2) is 6.63. The Morgan fingerprint density at radius 3 is 2.38 bits per heavy atom. The SMILES string of the molecule is Cn1nc(C(F)(F)F)c(/C(O)=C(/C#N)Oc2ccc(Cl)cc2)c1Cl. The number of hydrogen-bond acceptors (Lipinski definition) is 4. The summed E-state index contributed by atoms with van der Waals surface area (Å²) in [6.07, 6.45) is -4.88. The van der Waals surface area contributed by atoms with Gasteiger partial charge in [0.15, 0.2) is 11.5 Å². The highest BCUT2D eigenvalue weighted by Crippen LogP contribution is 2.38. The van der Waals surface area contributed by atoms with Crippen LogP contribution in [0.3, 0.4) is 0 Å². The molecule has 0 bridgehead atoms. The normalized spacial score (nSPS) is 12.5. The molecule has 0 aliphatic carbocycles. The van der Waals surface area contributed by atoms with E-state index in [1.807, 2.05) is 0 Å². The van der Waals surface area contributed by atoms with Crippen LogP contribution in [0.15, 0.2) is 30.0 Å². The van der Waals surface area contributed by atoms with Gasteiger partial charge in [-0.25, -0.2) is 0 Å². The predicted octanol–water partition coefficient (Wildman–Crippen LogP) is 4.57. The van der Waals surface area contributed by atoms with Crippen LogP contribution in [0.4, 0.5) is 13.2 Å². The Kier molecular flexibility index (Phi) is 4.96. The summed E-state index contributed by atoms with van der Waals surface area (Å²) in [6.45, 7) is 0. The number of halogens is 5. The summed E-state index contributed by atoms with van der Waals surface area (Å²) in [7, 11) is 1.17. The lowest BCUT2D eigenvalue weighted by atomic mass is 10.2. The van der Waals surface area contributed by atoms with Gasteiger partial charge in [0.2, 0.25) is 5.76 Å². The zero-order chi connectivity index (χ0) is 18.1. The molecule has 1 aromatic heterocycles. The van der Waals surface area contributed by atoms with E-state index in [-0.39, 0.29) is 5.75 Å². The van der Waals surface area contributed by atoms with Gasteiger partial charge in [-0.15, -0.1) is 0 Å². The summed E-state index contributed by atoms with van der Waals surface area (Å²) in [6, 6.07) is 7.14. The summed E-state index contributed by atoms with van der Waals surface area (Å²) in [5.41, 5.74) is -2.27. The van der Waals surface area contributed by atoms with Crippen molar-refractivity contribution >= 4 is 29.0 Å². The van der Waals surface area contributed by atoms with Crippen LogP contribution in [-0.4, -0.2) is 14.9 Å². The summed E-state index contributed by atoms with van der Waals surface area (Å²) in [4.78, 5) is 0. The van der Waals surface area contributed by atoms with Crippen LogP contribution in [0.25, 0.3) is 5.76 Å². The third-order valence-electron chi connectivity index (χ3n) is 2.83. The van der Waals surface area contributed by atoms with E-state index in [0.29, 0.717) is 5.02 Å². The number of aliphatic hydroxyl groups excluding tert-OH is 1. The van der Waals surface area contributed by atoms with E-state index in [2.05, 4.69) is 5.10 Å². The van der Waals surface area contributed by atoms with Crippen molar-refractivity contribution in [2.24, 2.45) is 7.05 Å². The van der Waals surface area contributed by atoms with Crippen molar-refractivity contribution in [2.45, 2.75) is 6.18 Å². The zero-order valence-electron chi connectivity index (χ0n) is 11.9. The van der Waals surface area contributed by atoms with Gasteiger partial charge in [-0.3, -0.25) is 4.68 Å². The maximum atomic E-state index is 13.0. The Morgan fingerprint density at radius 2 is 1.88 bits per heavy atom. The number of benzene rings is 1. The molecule has 2 rings (SSSR count). The maximum Gasteiger partial charge on any atom is 0.435 e. The molecule has 0 saturated heterocycles. The number of ether oxygens (including phenoxy) is 1. The number of alkyl halides is 3. The Balaban J connectivity index is 2.55. The quantitative estimate of drug-likeness (QED) is 0.627. The van der Waals surface area contributed by atoms with Crippen LogP contribution in [0.2, 0.25) is 10.2 Å². The summed E-state index contributed by atoms with van der Waals surface area (Å²) in [5.74, 6) is -1.74. The minimum atomic E-state index is -4.88. The monoisotopic (exact) mass is 377 g/mol. The fraction of sp³-hybridized carbons (Fsp3) is 0.143. The van der Waals surface area contributed by atoms with Crippen molar-refractivity contribution in [3.8, 4) is 11.8 Å². The van der Waals surface area contributed by atoms with E-state index in [1.165, 1.54) is 37.4 Å². The molecule has 0 radical (unpaired) electrons. The zero-order valence-corrected chi connectivity index (χ0v) is 13.4. The molecule has 0 spiro atoms. The van der Waals surface area contributed by atoms with E-state index < -0.39 is 34.1 Å². The number of aliphatic hydroxyl groups is 1. The van der Waals surface area contributed by atoms with E-state index in [9.17, 15) is 18.3 Å². The molecule has 0 fully saturated rings. The number of aryl methyl sites for hydroxylation is 1. The minimum Gasteiger partial charge on any atom is -0.503 e. The molecule has 0 unspecified atom stereocenters. The summed E-state index contributed by atoms with van der Waals surface area (Å²) in [5, 5.41) is 22.3. The summed E-state index contributed by atoms with van der Waals surface area (Å²) >= 11 is 11.5. The lowest BCUT2D eigenvalue weighted by molar-refractivity contribution is -0.141. The standard InChI is InChI=1S/C14H8Cl2F3N3O2/c1-22-13(16)10(12(21-22)14(17,18)19)11(23)9(6-20)24-8-4-2-7(15)3-5-8/h2-5,23H,1H3/b11-9+. The predicted molar refractivity (Wildman–Crippen MR) is 80.5 cm³/mol. The molecule has 0 aliphatic rings. The van der Waals surface area contributed by atoms with Crippen molar-refractivity contribution < 1.29 is 23.0 Å². The number of nitriles is 1. The lowest BCUT2D eigenvalue weighted by Gasteiger charge is -2.09. The average Bonchev–Trinajstić information content (AvgIpc) is 2.82. The molecule has 10 heteroatoms. The van der Waals surface area contributed by atoms with Crippen molar-refractivity contribution in [3.63, 3.8) is 0 Å². The van der Waals surface area contributed by atoms with Crippen molar-refractivity contribution in [2.75, 3.05) is 0 Å². The molecule has 1 heterocycles. The van der Waals surface area contributed by atoms with Crippen molar-refractivity contribution in [1.82, 2.24) is 9.78 Å². The van der Waals surface area contributed by atoms with Crippen molar-refractivity contribution in [1.29, 1.82) is 5.26 Å². The first-order chi connectivity index (χ1) is 11.1. The van der Waals surface area contributed by atoms with E-state index in [4.69, 9.17) is 33.2 Å². The van der Waals surface area contributed by atoms with Crippen LogP contribution in [-0.2, 0) is 13.2 Å². The molecule has 1 N–H and O–H groups in total. The number of allylic oxidation sites excluding steroid dienone is 1. The molecular formula is C14H8Cl2F3N3O2. The fourth-order valence-electron chi connectivity index (χ4n) is 1.77. The molecule has 126 valence electrons. The second-order valence-corrected chi connectivity index (χ2v) is 5.28. The first-order valence-electron chi connectivity index (χ1n) is 6.22. The highest BCUT2D eigenvalue weighted by Gasteiger charge is 2.40. The lowest BCUT2D eigenvalue weighted by Crippen LogP contribution is -2.10. The van der Waals surface area contributed by atoms with Crippen LogP contribution in [0.5, 0.6) is 5.75 Å². The van der Waals surface area contributed by atoms with Gasteiger partial charge in [0.25, 0.3) is 0 Å². The molecule has 0 amide bonds. The van der Waals surface area contributed by atoms with E-state index in [1.54, 1.807) is 0 Å². The smallest absolute Gasteiger partial charge is 0.435 e. The van der Waals surface area contributed by atoms with Crippen LogP contribution < -0.4 is 4.74 Å². The highest BCUT2D eigenvalue weighted by molar-refractivity contribution is 6.31. The largest absolute Gasteiger partial charge is 0.503 e. The van der Waals surface area contributed by atoms with Crippen molar-refractivity contribution in [3.05, 3.63) is 51.5 Å². The fourth-order valence-corrected chi connectivity index (χ4v) is 2.11. The Bertz CT molecular complexity index is 837. The number of nitrogens with zero attached hydrogens (tertiary/aromatic N) is 3. The molecule has 0 atom stereocenters. The first kappa shape index (κ1) is 18.0. The third-order valence-corrected chi connectivity index (χ3v) is 3.52. The van der Waals surface area contributed by atoms with Gasteiger partial charge in [-0.1, -0.05) is 23.2 Å². The highest BCUT2D eigenvalue weighted by atomic mass is 35.5. The minimum absolute atomic E-state index is 0.0936. The van der Waals surface area contributed by atoms with E-state index in [0.717, 1.165) is 4.68 Å². The molecule has 24 heavy (non-hydrogen) atoms. The number of aromatic nitrogens is 2. The molecule has 5 nitrogen and oxygen atoms in total. The number of hydrogen-bond donors (Lipinski definition) is 1. The Morgan fingerprint density at radius 1 is 1.29 bits per heavy atom. The van der Waals surface area contributed by atoms with Gasteiger partial charge in [-0.05, 0) is 24.3 Å². The van der Waals surface area contributed by atoms with Gasteiger partial charge in [0, 0.05) is 12.1 Å². The van der Waals surface area contributed by atoms with Gasteiger partial charge in [0.1, 0.15) is 17.0 Å². The molecule has 0 saturated carbocycles. The topological polar surface area (TPSA) is 71.1 Å². The first-order valence-corrected chi connectivity index (χ1v) is 6.97. The maximum absolute atomic E-state index is 13.0. The van der Waals surface area contributed by atoms with Crippen LogP contribution >= 0.6 is 23.2 Å². The van der Waals surface area contributed by atoms with Crippen LogP contribution in [0.1, 0.15) is 11.3 Å². The summed E-state index contributed by atoms with van der Waals surface area (Å²) < 4.78 is 44.9.